The van der Waals surface area contributed by atoms with E-state index >= 15 is 0 Å². The van der Waals surface area contributed by atoms with E-state index in [1.54, 1.807) is 34.6 Å². The molecule has 4 N–H and O–H groups in total. The van der Waals surface area contributed by atoms with Gasteiger partial charge in [-0.1, -0.05) is 0 Å². The molecule has 3 aromatic rings. The van der Waals surface area contributed by atoms with E-state index < -0.39 is 0 Å². The number of rotatable bonds is 5. The molecule has 21 heavy (non-hydrogen) atoms. The van der Waals surface area contributed by atoms with Crippen LogP contribution in [0.5, 0.6) is 0 Å². The van der Waals surface area contributed by atoms with Gasteiger partial charge in [0.2, 0.25) is 17.8 Å². The zero-order valence-electron chi connectivity index (χ0n) is 11.3. The minimum Gasteiger partial charge on any atom is -0.349 e. The lowest BCUT2D eigenvalue weighted by Gasteiger charge is -2.08. The smallest absolute Gasteiger partial charge is 0.243 e. The van der Waals surface area contributed by atoms with Gasteiger partial charge in [-0.25, -0.2) is 10.8 Å². The highest BCUT2D eigenvalue weighted by Crippen LogP contribution is 2.17. The van der Waals surface area contributed by atoms with Crippen LogP contribution in [0.1, 0.15) is 10.4 Å². The average Bonchev–Trinajstić information content (AvgIpc) is 3.16. The van der Waals surface area contributed by atoms with Crippen LogP contribution in [0.4, 0.5) is 11.9 Å². The van der Waals surface area contributed by atoms with E-state index in [-0.39, 0.29) is 0 Å². The van der Waals surface area contributed by atoms with Crippen molar-refractivity contribution in [3.8, 4) is 5.95 Å². The Hall–Kier alpha value is -2.52. The summed E-state index contributed by atoms with van der Waals surface area (Å²) in [6, 6.07) is 2.08. The highest BCUT2D eigenvalue weighted by Gasteiger charge is 2.08. The van der Waals surface area contributed by atoms with Crippen molar-refractivity contribution in [2.45, 2.75) is 13.5 Å². The van der Waals surface area contributed by atoms with Crippen LogP contribution in [-0.2, 0) is 6.54 Å². The van der Waals surface area contributed by atoms with Gasteiger partial charge in [0.1, 0.15) is 6.33 Å². The summed E-state index contributed by atoms with van der Waals surface area (Å²) in [4.78, 5) is 17.9. The summed E-state index contributed by atoms with van der Waals surface area (Å²) >= 11 is 1.69. The fraction of sp³-hybridized carbons (Fsp3) is 0.167. The molecular weight excluding hydrogens is 288 g/mol. The number of hydrazine groups is 1. The monoisotopic (exact) mass is 302 g/mol. The molecule has 108 valence electrons. The number of thiophene rings is 1. The van der Waals surface area contributed by atoms with Crippen LogP contribution in [0.2, 0.25) is 0 Å². The third kappa shape index (κ3) is 2.98. The Morgan fingerprint density at radius 3 is 2.81 bits per heavy atom. The second-order valence-corrected chi connectivity index (χ2v) is 5.28. The van der Waals surface area contributed by atoms with E-state index in [9.17, 15) is 0 Å². The molecule has 0 radical (unpaired) electrons. The predicted octanol–water partition coefficient (Wildman–Crippen LogP) is 1.32. The molecule has 0 amide bonds. The number of nitrogens with one attached hydrogen (secondary N) is 2. The van der Waals surface area contributed by atoms with Gasteiger partial charge in [0.05, 0.1) is 6.54 Å². The first-order chi connectivity index (χ1) is 10.3. The second kappa shape index (κ2) is 5.85. The van der Waals surface area contributed by atoms with Gasteiger partial charge in [-0.15, -0.1) is 11.3 Å². The number of anilines is 2. The number of aryl methyl sites for hydroxylation is 1. The topological polar surface area (TPSA) is 107 Å². The third-order valence-electron chi connectivity index (χ3n) is 2.86. The van der Waals surface area contributed by atoms with Gasteiger partial charge in [-0.05, 0) is 23.9 Å². The first-order valence-electron chi connectivity index (χ1n) is 6.24. The molecule has 0 fully saturated rings. The molecule has 3 heterocycles. The SMILES string of the molecule is Cc1ccsc1CNc1nc(NN)nc(-n2ccnc2)n1. The summed E-state index contributed by atoms with van der Waals surface area (Å²) in [5, 5.41) is 5.24. The van der Waals surface area contributed by atoms with Crippen LogP contribution in [0.15, 0.2) is 30.2 Å². The van der Waals surface area contributed by atoms with Crippen LogP contribution in [-0.4, -0.2) is 24.5 Å². The Morgan fingerprint density at radius 1 is 1.29 bits per heavy atom. The fourth-order valence-electron chi connectivity index (χ4n) is 1.75. The lowest BCUT2D eigenvalue weighted by atomic mass is 10.3. The zero-order valence-corrected chi connectivity index (χ0v) is 12.1. The van der Waals surface area contributed by atoms with E-state index in [0.29, 0.717) is 24.4 Å². The molecule has 0 aliphatic rings. The molecule has 0 aliphatic carbocycles. The highest BCUT2D eigenvalue weighted by molar-refractivity contribution is 7.10. The number of aromatic nitrogens is 5. The van der Waals surface area contributed by atoms with Crippen LogP contribution in [0.25, 0.3) is 5.95 Å². The Kier molecular flexibility index (Phi) is 3.75. The molecule has 9 heteroatoms. The third-order valence-corrected chi connectivity index (χ3v) is 3.89. The van der Waals surface area contributed by atoms with E-state index in [2.05, 4.69) is 49.0 Å². The number of hydrogen-bond acceptors (Lipinski definition) is 8. The molecule has 0 atom stereocenters. The van der Waals surface area contributed by atoms with Crippen molar-refractivity contribution in [2.24, 2.45) is 5.84 Å². The van der Waals surface area contributed by atoms with Gasteiger partial charge in [-0.3, -0.25) is 9.99 Å². The zero-order chi connectivity index (χ0) is 14.7. The Bertz CT molecular complexity index is 721. The van der Waals surface area contributed by atoms with Crippen LogP contribution < -0.4 is 16.6 Å². The van der Waals surface area contributed by atoms with E-state index in [4.69, 9.17) is 5.84 Å². The van der Waals surface area contributed by atoms with Crippen molar-refractivity contribution in [2.75, 3.05) is 10.7 Å². The highest BCUT2D eigenvalue weighted by atomic mass is 32.1. The van der Waals surface area contributed by atoms with Crippen molar-refractivity contribution in [3.63, 3.8) is 0 Å². The first-order valence-corrected chi connectivity index (χ1v) is 7.12. The molecule has 0 aliphatic heterocycles. The van der Waals surface area contributed by atoms with E-state index in [0.717, 1.165) is 0 Å². The van der Waals surface area contributed by atoms with Gasteiger partial charge in [-0.2, -0.15) is 15.0 Å². The molecule has 8 nitrogen and oxygen atoms in total. The summed E-state index contributed by atoms with van der Waals surface area (Å²) < 4.78 is 1.68. The fourth-order valence-corrected chi connectivity index (χ4v) is 2.59. The van der Waals surface area contributed by atoms with E-state index in [1.165, 1.54) is 10.4 Å². The average molecular weight is 302 g/mol. The summed E-state index contributed by atoms with van der Waals surface area (Å²) in [6.07, 6.45) is 5.02. The number of nitrogen functional groups attached to an aromatic ring is 1. The standard InChI is InChI=1S/C12H14N8S/c1-8-2-5-21-9(8)6-15-10-16-11(19-13)18-12(17-10)20-4-3-14-7-20/h2-5,7H,6,13H2,1H3,(H2,15,16,17,18,19). The number of imidazole rings is 1. The van der Waals surface area contributed by atoms with Crippen LogP contribution >= 0.6 is 11.3 Å². The maximum atomic E-state index is 5.40. The predicted molar refractivity (Wildman–Crippen MR) is 81.1 cm³/mol. The molecule has 0 saturated carbocycles. The maximum Gasteiger partial charge on any atom is 0.243 e. The largest absolute Gasteiger partial charge is 0.349 e. The van der Waals surface area contributed by atoms with Crippen LogP contribution in [0.3, 0.4) is 0 Å². The molecule has 3 aromatic heterocycles. The summed E-state index contributed by atoms with van der Waals surface area (Å²) in [7, 11) is 0. The number of hydrogen-bond donors (Lipinski definition) is 3. The lowest BCUT2D eigenvalue weighted by Crippen LogP contribution is -2.15. The van der Waals surface area contributed by atoms with Crippen molar-refractivity contribution < 1.29 is 0 Å². The van der Waals surface area contributed by atoms with E-state index in [1.807, 2.05) is 0 Å². The van der Waals surface area contributed by atoms with Crippen molar-refractivity contribution in [1.82, 2.24) is 24.5 Å². The summed E-state index contributed by atoms with van der Waals surface area (Å²) in [6.45, 7) is 2.73. The Balaban J connectivity index is 1.84. The Labute approximate surface area is 125 Å². The minimum absolute atomic E-state index is 0.291. The minimum atomic E-state index is 0.291. The molecular formula is C12H14N8S. The van der Waals surface area contributed by atoms with Gasteiger partial charge in [0, 0.05) is 17.3 Å². The Morgan fingerprint density at radius 2 is 2.14 bits per heavy atom. The summed E-state index contributed by atoms with van der Waals surface area (Å²) in [5.41, 5.74) is 3.68. The molecule has 3 rings (SSSR count). The van der Waals surface area contributed by atoms with Gasteiger partial charge < -0.3 is 5.32 Å². The quantitative estimate of drug-likeness (QED) is 0.482. The lowest BCUT2D eigenvalue weighted by molar-refractivity contribution is 0.888. The van der Waals surface area contributed by atoms with Crippen molar-refractivity contribution in [1.29, 1.82) is 0 Å². The molecule has 0 spiro atoms. The molecule has 0 bridgehead atoms. The van der Waals surface area contributed by atoms with Gasteiger partial charge >= 0.3 is 0 Å². The number of nitrogens with two attached hydrogens (primary N) is 1. The normalized spacial score (nSPS) is 10.6. The van der Waals surface area contributed by atoms with Crippen molar-refractivity contribution >= 4 is 23.2 Å². The van der Waals surface area contributed by atoms with Crippen molar-refractivity contribution in [3.05, 3.63) is 40.6 Å². The maximum absolute atomic E-state index is 5.40. The first kappa shape index (κ1) is 13.5. The van der Waals surface area contributed by atoms with Gasteiger partial charge in [0.25, 0.3) is 0 Å². The van der Waals surface area contributed by atoms with Gasteiger partial charge in [0.15, 0.2) is 0 Å². The number of nitrogens with zero attached hydrogens (tertiary/aromatic N) is 5. The second-order valence-electron chi connectivity index (χ2n) is 4.28. The molecule has 0 aromatic carbocycles. The molecule has 0 saturated heterocycles. The molecule has 0 unspecified atom stereocenters. The van der Waals surface area contributed by atoms with Crippen LogP contribution in [0, 0.1) is 6.92 Å². The summed E-state index contributed by atoms with van der Waals surface area (Å²) in [5.74, 6) is 6.59.